The van der Waals surface area contributed by atoms with Gasteiger partial charge in [0.15, 0.2) is 0 Å². The first-order valence-electron chi connectivity index (χ1n) is 5.87. The van der Waals surface area contributed by atoms with E-state index in [4.69, 9.17) is 5.11 Å². The number of rotatable bonds is 6. The van der Waals surface area contributed by atoms with Crippen molar-refractivity contribution in [1.29, 1.82) is 0 Å². The largest absolute Gasteiger partial charge is 0.401 e. The number of nitrogens with zero attached hydrogens (tertiary/aromatic N) is 1. The third-order valence-electron chi connectivity index (χ3n) is 2.41. The molecule has 118 valence electrons. The number of hydrogen-bond donors (Lipinski definition) is 2. The van der Waals surface area contributed by atoms with Gasteiger partial charge in [-0.1, -0.05) is 6.07 Å². The van der Waals surface area contributed by atoms with Crippen molar-refractivity contribution in [3.05, 3.63) is 29.8 Å². The van der Waals surface area contributed by atoms with Crippen molar-refractivity contribution >= 4 is 11.6 Å². The van der Waals surface area contributed by atoms with Crippen LogP contribution in [0.4, 0.5) is 27.6 Å². The van der Waals surface area contributed by atoms with Gasteiger partial charge in [-0.2, -0.15) is 13.2 Å². The van der Waals surface area contributed by atoms with Crippen LogP contribution in [0, 0.1) is 11.6 Å². The second-order valence-corrected chi connectivity index (χ2v) is 4.19. The first-order chi connectivity index (χ1) is 9.73. The Bertz CT molecular complexity index is 473. The molecule has 1 rings (SSSR count). The van der Waals surface area contributed by atoms with Crippen LogP contribution in [0.2, 0.25) is 0 Å². The van der Waals surface area contributed by atoms with Crippen LogP contribution >= 0.6 is 0 Å². The maximum absolute atomic E-state index is 13.3. The molecule has 0 radical (unpaired) electrons. The predicted molar refractivity (Wildman–Crippen MR) is 64.6 cm³/mol. The van der Waals surface area contributed by atoms with Gasteiger partial charge in [0, 0.05) is 6.54 Å². The van der Waals surface area contributed by atoms with Crippen molar-refractivity contribution < 1.29 is 31.9 Å². The standard InChI is InChI=1S/C12H13F5N2O2/c13-8-2-1-3-9(14)11(8)18-10(21)6-19(4-5-20)7-12(15,16)17/h1-3,20H,4-7H2,(H,18,21). The Morgan fingerprint density at radius 2 is 1.81 bits per heavy atom. The van der Waals surface area contributed by atoms with Gasteiger partial charge in [-0.25, -0.2) is 8.78 Å². The van der Waals surface area contributed by atoms with E-state index in [0.717, 1.165) is 18.2 Å². The lowest BCUT2D eigenvalue weighted by Gasteiger charge is -2.22. The summed E-state index contributed by atoms with van der Waals surface area (Å²) in [6, 6.07) is 2.89. The fraction of sp³-hybridized carbons (Fsp3) is 0.417. The highest BCUT2D eigenvalue weighted by atomic mass is 19.4. The summed E-state index contributed by atoms with van der Waals surface area (Å²) in [7, 11) is 0. The summed E-state index contributed by atoms with van der Waals surface area (Å²) in [5.41, 5.74) is -0.724. The van der Waals surface area contributed by atoms with E-state index in [1.807, 2.05) is 5.32 Å². The number of anilines is 1. The molecule has 2 N–H and O–H groups in total. The Hall–Kier alpha value is -1.74. The zero-order chi connectivity index (χ0) is 16.0. The lowest BCUT2D eigenvalue weighted by Crippen LogP contribution is -2.41. The topological polar surface area (TPSA) is 52.6 Å². The zero-order valence-corrected chi connectivity index (χ0v) is 10.8. The molecule has 9 heteroatoms. The predicted octanol–water partition coefficient (Wildman–Crippen LogP) is 1.76. The number of hydrogen-bond acceptors (Lipinski definition) is 3. The number of aliphatic hydroxyl groups is 1. The molecule has 1 amide bonds. The fourth-order valence-electron chi connectivity index (χ4n) is 1.61. The molecule has 0 aliphatic heterocycles. The molecule has 0 aliphatic rings. The number of halogens is 5. The van der Waals surface area contributed by atoms with Gasteiger partial charge < -0.3 is 10.4 Å². The van der Waals surface area contributed by atoms with Gasteiger partial charge in [0.25, 0.3) is 0 Å². The number of alkyl halides is 3. The quantitative estimate of drug-likeness (QED) is 0.787. The van der Waals surface area contributed by atoms with Gasteiger partial charge in [0.05, 0.1) is 19.7 Å². The normalized spacial score (nSPS) is 11.8. The van der Waals surface area contributed by atoms with E-state index >= 15 is 0 Å². The molecule has 4 nitrogen and oxygen atoms in total. The minimum atomic E-state index is -4.56. The summed E-state index contributed by atoms with van der Waals surface area (Å²) in [6.07, 6.45) is -4.56. The molecule has 0 heterocycles. The number of carbonyl (C=O) groups is 1. The molecule has 0 unspecified atom stereocenters. The minimum Gasteiger partial charge on any atom is -0.395 e. The molecule has 1 aromatic carbocycles. The maximum Gasteiger partial charge on any atom is 0.401 e. The Balaban J connectivity index is 2.70. The number of amides is 1. The Labute approximate surface area is 117 Å². The summed E-state index contributed by atoms with van der Waals surface area (Å²) in [6.45, 7) is -3.15. The SMILES string of the molecule is O=C(CN(CCO)CC(F)(F)F)Nc1c(F)cccc1F. The molecular weight excluding hydrogens is 299 g/mol. The average molecular weight is 312 g/mol. The minimum absolute atomic E-state index is 0.396. The van der Waals surface area contributed by atoms with Gasteiger partial charge in [0.2, 0.25) is 5.91 Å². The van der Waals surface area contributed by atoms with Crippen LogP contribution in [0.1, 0.15) is 0 Å². The lowest BCUT2D eigenvalue weighted by atomic mass is 10.3. The van der Waals surface area contributed by atoms with Crippen molar-refractivity contribution in [2.24, 2.45) is 0 Å². The van der Waals surface area contributed by atoms with Gasteiger partial charge in [-0.05, 0) is 12.1 Å². The van der Waals surface area contributed by atoms with Gasteiger partial charge in [0.1, 0.15) is 17.3 Å². The molecule has 0 aliphatic carbocycles. The second kappa shape index (κ2) is 7.32. The van der Waals surface area contributed by atoms with Gasteiger partial charge >= 0.3 is 6.18 Å². The van der Waals surface area contributed by atoms with Crippen LogP contribution in [0.25, 0.3) is 0 Å². The Kier molecular flexibility index (Phi) is 6.03. The molecule has 0 atom stereocenters. The van der Waals surface area contributed by atoms with Crippen molar-refractivity contribution in [2.45, 2.75) is 6.18 Å². The molecule has 0 bridgehead atoms. The third-order valence-corrected chi connectivity index (χ3v) is 2.41. The Morgan fingerprint density at radius 1 is 1.24 bits per heavy atom. The van der Waals surface area contributed by atoms with Crippen LogP contribution in [-0.2, 0) is 4.79 Å². The third kappa shape index (κ3) is 6.05. The van der Waals surface area contributed by atoms with Gasteiger partial charge in [-0.3, -0.25) is 9.69 Å². The van der Waals surface area contributed by atoms with Crippen molar-refractivity contribution in [3.8, 4) is 0 Å². The highest BCUT2D eigenvalue weighted by molar-refractivity contribution is 5.92. The molecular formula is C12H13F5N2O2. The van der Waals surface area contributed by atoms with Gasteiger partial charge in [-0.15, -0.1) is 0 Å². The summed E-state index contributed by atoms with van der Waals surface area (Å²) >= 11 is 0. The molecule has 0 aromatic heterocycles. The molecule has 0 saturated carbocycles. The fourth-order valence-corrected chi connectivity index (χ4v) is 1.61. The molecule has 0 spiro atoms. The average Bonchev–Trinajstić information content (AvgIpc) is 2.32. The van der Waals surface area contributed by atoms with Crippen molar-refractivity contribution in [1.82, 2.24) is 4.90 Å². The van der Waals surface area contributed by atoms with E-state index in [-0.39, 0.29) is 0 Å². The molecule has 21 heavy (non-hydrogen) atoms. The van der Waals surface area contributed by atoms with E-state index in [1.165, 1.54) is 0 Å². The number of para-hydroxylation sites is 1. The summed E-state index contributed by atoms with van der Waals surface area (Å²) in [4.78, 5) is 12.2. The first-order valence-corrected chi connectivity index (χ1v) is 5.87. The van der Waals surface area contributed by atoms with Crippen LogP contribution in [0.15, 0.2) is 18.2 Å². The van der Waals surface area contributed by atoms with Crippen LogP contribution in [0.5, 0.6) is 0 Å². The van der Waals surface area contributed by atoms with E-state index in [9.17, 15) is 26.7 Å². The summed E-state index contributed by atoms with van der Waals surface area (Å²) in [5.74, 6) is -3.09. The van der Waals surface area contributed by atoms with Crippen LogP contribution < -0.4 is 5.32 Å². The number of nitrogens with one attached hydrogen (secondary N) is 1. The highest BCUT2D eigenvalue weighted by Crippen LogP contribution is 2.19. The van der Waals surface area contributed by atoms with E-state index in [0.29, 0.717) is 4.90 Å². The monoisotopic (exact) mass is 312 g/mol. The summed E-state index contributed by atoms with van der Waals surface area (Å²) < 4.78 is 63.3. The molecule has 0 saturated heterocycles. The molecule has 0 fully saturated rings. The second-order valence-electron chi connectivity index (χ2n) is 4.19. The lowest BCUT2D eigenvalue weighted by molar-refractivity contribution is -0.148. The number of benzene rings is 1. The first kappa shape index (κ1) is 17.3. The highest BCUT2D eigenvalue weighted by Gasteiger charge is 2.31. The van der Waals surface area contributed by atoms with Crippen molar-refractivity contribution in [3.63, 3.8) is 0 Å². The molecule has 1 aromatic rings. The van der Waals surface area contributed by atoms with E-state index < -0.39 is 55.6 Å². The summed E-state index contributed by atoms with van der Waals surface area (Å²) in [5, 5.41) is 10.5. The maximum atomic E-state index is 13.3. The van der Waals surface area contributed by atoms with E-state index in [2.05, 4.69) is 0 Å². The number of aliphatic hydroxyl groups excluding tert-OH is 1. The smallest absolute Gasteiger partial charge is 0.395 e. The van der Waals surface area contributed by atoms with Crippen LogP contribution in [-0.4, -0.2) is 48.3 Å². The van der Waals surface area contributed by atoms with Crippen LogP contribution in [0.3, 0.4) is 0 Å². The number of carbonyl (C=O) groups excluding carboxylic acids is 1. The Morgan fingerprint density at radius 3 is 2.29 bits per heavy atom. The zero-order valence-electron chi connectivity index (χ0n) is 10.8. The van der Waals surface area contributed by atoms with E-state index in [1.54, 1.807) is 0 Å². The van der Waals surface area contributed by atoms with Crippen molar-refractivity contribution in [2.75, 3.05) is 31.6 Å².